The predicted molar refractivity (Wildman–Crippen MR) is 135 cm³/mol. The number of halogens is 4. The average molecular weight is 582 g/mol. The lowest BCUT2D eigenvalue weighted by molar-refractivity contribution is -0.301. The Balaban J connectivity index is 1.98. The molecule has 0 aliphatic heterocycles. The van der Waals surface area contributed by atoms with Crippen LogP contribution in [-0.2, 0) is 28.3 Å². The number of aliphatic hydroxyl groups is 1. The minimum atomic E-state index is -5.23. The van der Waals surface area contributed by atoms with E-state index in [2.05, 4.69) is 15.9 Å². The van der Waals surface area contributed by atoms with Crippen LogP contribution >= 0.6 is 15.9 Å². The molecule has 2 atom stereocenters. The lowest BCUT2D eigenvalue weighted by Gasteiger charge is -2.38. The van der Waals surface area contributed by atoms with Crippen LogP contribution in [0.25, 0.3) is 0 Å². The van der Waals surface area contributed by atoms with Gasteiger partial charge in [-0.15, -0.1) is 0 Å². The van der Waals surface area contributed by atoms with Gasteiger partial charge in [-0.05, 0) is 53.1 Å². The van der Waals surface area contributed by atoms with E-state index in [1.54, 1.807) is 48.5 Å². The van der Waals surface area contributed by atoms with Gasteiger partial charge in [-0.2, -0.15) is 13.2 Å². The lowest BCUT2D eigenvalue weighted by atomic mass is 9.86. The highest BCUT2D eigenvalue weighted by molar-refractivity contribution is 9.10. The van der Waals surface area contributed by atoms with Gasteiger partial charge >= 0.3 is 6.18 Å². The molecule has 0 aromatic heterocycles. The number of hydrogen-bond donors (Lipinski definition) is 1. The van der Waals surface area contributed by atoms with Crippen LogP contribution in [0.4, 0.5) is 13.2 Å². The standard InChI is InChI=1S/C27H27BrF3NO5/c1-32(16-18-4-12-22(35-2)13-5-18)25(33)24(37-17-19-6-14-23(36-3)15-7-19)26(34,27(29,30)31)20-8-10-21(28)11-9-20/h4-15,24,34H,16-17H2,1-3H3/t24-,26-/m0/s1. The Kier molecular flexibility index (Phi) is 9.22. The Morgan fingerprint density at radius 3 is 1.84 bits per heavy atom. The van der Waals surface area contributed by atoms with Crippen molar-refractivity contribution in [2.75, 3.05) is 21.3 Å². The Labute approximate surface area is 221 Å². The van der Waals surface area contributed by atoms with Crippen molar-refractivity contribution in [2.45, 2.75) is 31.0 Å². The molecule has 1 N–H and O–H groups in total. The van der Waals surface area contributed by atoms with E-state index in [1.165, 1.54) is 33.4 Å². The first-order chi connectivity index (χ1) is 17.5. The molecule has 6 nitrogen and oxygen atoms in total. The number of carbonyl (C=O) groups is 1. The van der Waals surface area contributed by atoms with Gasteiger partial charge in [-0.1, -0.05) is 52.3 Å². The van der Waals surface area contributed by atoms with Crippen LogP contribution in [0, 0.1) is 0 Å². The molecule has 3 rings (SSSR count). The molecule has 0 aliphatic rings. The minimum Gasteiger partial charge on any atom is -0.497 e. The minimum absolute atomic E-state index is 0.0144. The molecule has 3 aromatic carbocycles. The van der Waals surface area contributed by atoms with Gasteiger partial charge in [-0.25, -0.2) is 0 Å². The Morgan fingerprint density at radius 2 is 1.38 bits per heavy atom. The van der Waals surface area contributed by atoms with E-state index < -0.39 is 29.4 Å². The first kappa shape index (κ1) is 28.5. The Hall–Kier alpha value is -3.08. The number of rotatable bonds is 10. The Morgan fingerprint density at radius 1 is 0.892 bits per heavy atom. The van der Waals surface area contributed by atoms with Gasteiger partial charge in [0.2, 0.25) is 5.60 Å². The third-order valence-electron chi connectivity index (χ3n) is 5.85. The smallest absolute Gasteiger partial charge is 0.424 e. The zero-order chi connectivity index (χ0) is 27.2. The van der Waals surface area contributed by atoms with E-state index in [0.717, 1.165) is 17.0 Å². The molecule has 0 fully saturated rings. The number of hydrogen-bond acceptors (Lipinski definition) is 5. The van der Waals surface area contributed by atoms with Crippen LogP contribution < -0.4 is 9.47 Å². The maximum atomic E-state index is 14.6. The second-order valence-corrected chi connectivity index (χ2v) is 9.27. The quantitative estimate of drug-likeness (QED) is 0.344. The number of nitrogens with zero attached hydrogens (tertiary/aromatic N) is 1. The topological polar surface area (TPSA) is 68.2 Å². The first-order valence-electron chi connectivity index (χ1n) is 11.2. The summed E-state index contributed by atoms with van der Waals surface area (Å²) in [6, 6.07) is 18.1. The summed E-state index contributed by atoms with van der Waals surface area (Å²) in [6.07, 6.45) is -7.53. The molecule has 10 heteroatoms. The number of ether oxygens (including phenoxy) is 3. The fraction of sp³-hybridized carbons (Fsp3) is 0.296. The molecule has 37 heavy (non-hydrogen) atoms. The number of carbonyl (C=O) groups excluding carboxylic acids is 1. The second kappa shape index (κ2) is 12.0. The number of methoxy groups -OCH3 is 2. The molecule has 0 radical (unpaired) electrons. The molecule has 0 spiro atoms. The van der Waals surface area contributed by atoms with Gasteiger partial charge in [0.05, 0.1) is 20.8 Å². The normalized spacial score (nSPS) is 13.9. The molecule has 3 aromatic rings. The fourth-order valence-electron chi connectivity index (χ4n) is 3.72. The van der Waals surface area contributed by atoms with Gasteiger partial charge < -0.3 is 24.2 Å². The fourth-order valence-corrected chi connectivity index (χ4v) is 3.99. The molecule has 0 saturated carbocycles. The van der Waals surface area contributed by atoms with Crippen molar-refractivity contribution in [3.05, 3.63) is 94.0 Å². The SMILES string of the molecule is COc1ccc(CO[C@@H](C(=O)N(C)Cc2ccc(OC)cc2)[C@@](O)(c2ccc(Br)cc2)C(F)(F)F)cc1. The van der Waals surface area contributed by atoms with Crippen molar-refractivity contribution in [2.24, 2.45) is 0 Å². The van der Waals surface area contributed by atoms with Crippen molar-refractivity contribution in [3.8, 4) is 11.5 Å². The highest BCUT2D eigenvalue weighted by Gasteiger charge is 2.63. The summed E-state index contributed by atoms with van der Waals surface area (Å²) >= 11 is 3.18. The summed E-state index contributed by atoms with van der Waals surface area (Å²) in [5, 5.41) is 11.2. The van der Waals surface area contributed by atoms with E-state index in [1.807, 2.05) is 0 Å². The molecular formula is C27H27BrF3NO5. The van der Waals surface area contributed by atoms with Gasteiger partial charge in [0.25, 0.3) is 5.91 Å². The second-order valence-electron chi connectivity index (χ2n) is 8.35. The van der Waals surface area contributed by atoms with E-state index in [-0.39, 0.29) is 13.2 Å². The number of likely N-dealkylation sites (N-methyl/N-ethyl adjacent to an activating group) is 1. The van der Waals surface area contributed by atoms with Crippen molar-refractivity contribution in [1.29, 1.82) is 0 Å². The van der Waals surface area contributed by atoms with Crippen molar-refractivity contribution in [1.82, 2.24) is 4.90 Å². The zero-order valence-electron chi connectivity index (χ0n) is 20.5. The first-order valence-corrected chi connectivity index (χ1v) is 12.0. The van der Waals surface area contributed by atoms with Crippen LogP contribution in [0.5, 0.6) is 11.5 Å². The molecule has 0 bridgehead atoms. The highest BCUT2D eigenvalue weighted by Crippen LogP contribution is 2.44. The largest absolute Gasteiger partial charge is 0.497 e. The summed E-state index contributed by atoms with van der Waals surface area (Å²) in [5.74, 6) is 0.115. The lowest BCUT2D eigenvalue weighted by Crippen LogP contribution is -2.58. The van der Waals surface area contributed by atoms with Crippen LogP contribution in [0.15, 0.2) is 77.3 Å². The molecule has 0 heterocycles. The van der Waals surface area contributed by atoms with E-state index in [0.29, 0.717) is 27.1 Å². The number of alkyl halides is 3. The molecule has 0 aliphatic carbocycles. The maximum absolute atomic E-state index is 14.6. The van der Waals surface area contributed by atoms with E-state index in [4.69, 9.17) is 14.2 Å². The van der Waals surface area contributed by atoms with E-state index in [9.17, 15) is 23.1 Å². The van der Waals surface area contributed by atoms with Gasteiger partial charge in [0.1, 0.15) is 11.5 Å². The molecule has 0 saturated heterocycles. The summed E-state index contributed by atoms with van der Waals surface area (Å²) in [4.78, 5) is 14.6. The monoisotopic (exact) mass is 581 g/mol. The predicted octanol–water partition coefficient (Wildman–Crippen LogP) is 5.46. The molecule has 198 valence electrons. The third kappa shape index (κ3) is 6.63. The zero-order valence-corrected chi connectivity index (χ0v) is 22.0. The third-order valence-corrected chi connectivity index (χ3v) is 6.38. The summed E-state index contributed by atoms with van der Waals surface area (Å²) < 4.78 is 60.0. The summed E-state index contributed by atoms with van der Waals surface area (Å²) in [7, 11) is 4.35. The molecule has 0 unspecified atom stereocenters. The van der Waals surface area contributed by atoms with Gasteiger partial charge in [-0.3, -0.25) is 4.79 Å². The van der Waals surface area contributed by atoms with Crippen molar-refractivity contribution < 1.29 is 37.3 Å². The average Bonchev–Trinajstić information content (AvgIpc) is 2.89. The number of amides is 1. The van der Waals surface area contributed by atoms with Crippen LogP contribution in [-0.4, -0.2) is 49.5 Å². The van der Waals surface area contributed by atoms with Gasteiger partial charge in [0, 0.05) is 18.1 Å². The highest BCUT2D eigenvalue weighted by atomic mass is 79.9. The Bertz CT molecular complexity index is 1170. The summed E-state index contributed by atoms with van der Waals surface area (Å²) in [6.45, 7) is -0.370. The van der Waals surface area contributed by atoms with Crippen LogP contribution in [0.3, 0.4) is 0 Å². The van der Waals surface area contributed by atoms with Crippen molar-refractivity contribution in [3.63, 3.8) is 0 Å². The van der Waals surface area contributed by atoms with Gasteiger partial charge in [0.15, 0.2) is 6.10 Å². The maximum Gasteiger partial charge on any atom is 0.424 e. The van der Waals surface area contributed by atoms with Crippen LogP contribution in [0.2, 0.25) is 0 Å². The molecular weight excluding hydrogens is 555 g/mol. The molecule has 1 amide bonds. The van der Waals surface area contributed by atoms with Crippen LogP contribution in [0.1, 0.15) is 16.7 Å². The number of benzene rings is 3. The van der Waals surface area contributed by atoms with Crippen molar-refractivity contribution >= 4 is 21.8 Å². The summed E-state index contributed by atoms with van der Waals surface area (Å²) in [5.41, 5.74) is -2.98. The van der Waals surface area contributed by atoms with E-state index >= 15 is 0 Å².